The first-order valence-electron chi connectivity index (χ1n) is 7.95. The number of carbonyl (C=O) groups excluding carboxylic acids is 1. The molecule has 3 aromatic carbocycles. The van der Waals surface area contributed by atoms with E-state index < -0.39 is 0 Å². The number of hydrogen-bond acceptors (Lipinski definition) is 3. The Hall–Kier alpha value is -3.01. The van der Waals surface area contributed by atoms with Crippen molar-refractivity contribution in [2.45, 2.75) is 18.8 Å². The van der Waals surface area contributed by atoms with Crippen molar-refractivity contribution in [2.24, 2.45) is 0 Å². The SMILES string of the molecule is O=C1c2ccccc2CCC1c1ccc([N+](=O)[O-])c2ccccc12. The number of Topliss-reactive ketones (excluding diaryl/α,β-unsaturated/α-hetero) is 1. The predicted molar refractivity (Wildman–Crippen MR) is 92.4 cm³/mol. The zero-order chi connectivity index (χ0) is 16.7. The molecule has 118 valence electrons. The van der Waals surface area contributed by atoms with Gasteiger partial charge in [0.25, 0.3) is 5.69 Å². The van der Waals surface area contributed by atoms with Gasteiger partial charge in [-0.2, -0.15) is 0 Å². The fourth-order valence-corrected chi connectivity index (χ4v) is 3.66. The van der Waals surface area contributed by atoms with Gasteiger partial charge in [-0.1, -0.05) is 48.5 Å². The summed E-state index contributed by atoms with van der Waals surface area (Å²) in [6, 6.07) is 18.2. The molecule has 1 aliphatic carbocycles. The molecule has 24 heavy (non-hydrogen) atoms. The molecule has 0 saturated carbocycles. The van der Waals surface area contributed by atoms with E-state index in [2.05, 4.69) is 0 Å². The smallest absolute Gasteiger partial charge is 0.277 e. The largest absolute Gasteiger partial charge is 0.293 e. The van der Waals surface area contributed by atoms with Crippen LogP contribution in [0.5, 0.6) is 0 Å². The van der Waals surface area contributed by atoms with E-state index in [1.807, 2.05) is 36.4 Å². The molecule has 0 bridgehead atoms. The van der Waals surface area contributed by atoms with Crippen molar-refractivity contribution in [3.05, 3.63) is 87.5 Å². The quantitative estimate of drug-likeness (QED) is 0.510. The van der Waals surface area contributed by atoms with Crippen LogP contribution in [0.3, 0.4) is 0 Å². The van der Waals surface area contributed by atoms with Crippen LogP contribution in [0, 0.1) is 10.1 Å². The highest BCUT2D eigenvalue weighted by atomic mass is 16.6. The molecule has 0 heterocycles. The van der Waals surface area contributed by atoms with Gasteiger partial charge in [0.15, 0.2) is 5.78 Å². The van der Waals surface area contributed by atoms with Crippen LogP contribution < -0.4 is 0 Å². The number of nitro groups is 1. The molecule has 4 nitrogen and oxygen atoms in total. The first-order valence-corrected chi connectivity index (χ1v) is 7.95. The second-order valence-electron chi connectivity index (χ2n) is 6.09. The number of nitro benzene ring substituents is 1. The van der Waals surface area contributed by atoms with Gasteiger partial charge in [-0.15, -0.1) is 0 Å². The molecule has 3 aromatic rings. The zero-order valence-electron chi connectivity index (χ0n) is 12.9. The zero-order valence-corrected chi connectivity index (χ0v) is 12.9. The maximum absolute atomic E-state index is 12.9. The van der Waals surface area contributed by atoms with Crippen LogP contribution in [0.15, 0.2) is 60.7 Å². The number of fused-ring (bicyclic) bond motifs is 2. The Bertz CT molecular complexity index is 978. The summed E-state index contributed by atoms with van der Waals surface area (Å²) in [5.74, 6) is -0.138. The molecule has 0 radical (unpaired) electrons. The first kappa shape index (κ1) is 14.6. The van der Waals surface area contributed by atoms with Crippen molar-refractivity contribution in [3.8, 4) is 0 Å². The number of hydrogen-bond donors (Lipinski definition) is 0. The molecule has 1 aliphatic rings. The number of aryl methyl sites for hydroxylation is 1. The minimum atomic E-state index is -0.371. The van der Waals surface area contributed by atoms with Crippen LogP contribution in [-0.4, -0.2) is 10.7 Å². The minimum absolute atomic E-state index is 0.0815. The third-order valence-electron chi connectivity index (χ3n) is 4.81. The fraction of sp³-hybridized carbons (Fsp3) is 0.150. The Morgan fingerprint density at radius 3 is 2.42 bits per heavy atom. The number of non-ortho nitro benzene ring substituents is 1. The van der Waals surface area contributed by atoms with Gasteiger partial charge in [-0.3, -0.25) is 14.9 Å². The average molecular weight is 317 g/mol. The lowest BCUT2D eigenvalue weighted by Crippen LogP contribution is -2.21. The number of ketones is 1. The second kappa shape index (κ2) is 5.57. The monoisotopic (exact) mass is 317 g/mol. The van der Waals surface area contributed by atoms with Gasteiger partial charge < -0.3 is 0 Å². The summed E-state index contributed by atoms with van der Waals surface area (Å²) >= 11 is 0. The van der Waals surface area contributed by atoms with Crippen LogP contribution in [0.4, 0.5) is 5.69 Å². The van der Waals surface area contributed by atoms with E-state index >= 15 is 0 Å². The molecule has 0 saturated heterocycles. The molecule has 1 unspecified atom stereocenters. The van der Waals surface area contributed by atoms with Crippen molar-refractivity contribution in [1.29, 1.82) is 0 Å². The second-order valence-corrected chi connectivity index (χ2v) is 6.09. The Morgan fingerprint density at radius 1 is 0.917 bits per heavy atom. The molecule has 0 amide bonds. The lowest BCUT2D eigenvalue weighted by Gasteiger charge is -2.24. The van der Waals surface area contributed by atoms with E-state index in [0.717, 1.165) is 34.9 Å². The maximum Gasteiger partial charge on any atom is 0.277 e. The van der Waals surface area contributed by atoms with Crippen molar-refractivity contribution >= 4 is 22.2 Å². The summed E-state index contributed by atoms with van der Waals surface area (Å²) in [5, 5.41) is 12.7. The standard InChI is InChI=1S/C20H15NO3/c22-20-14-6-2-1-5-13(14)9-10-18(20)16-11-12-19(21(23)24)17-8-4-3-7-15(16)17/h1-8,11-12,18H,9-10H2. The third kappa shape index (κ3) is 2.19. The van der Waals surface area contributed by atoms with Gasteiger partial charge in [-0.05, 0) is 35.4 Å². The van der Waals surface area contributed by atoms with Crippen LogP contribution in [0.1, 0.15) is 33.8 Å². The van der Waals surface area contributed by atoms with Crippen LogP contribution >= 0.6 is 0 Å². The van der Waals surface area contributed by atoms with Crippen molar-refractivity contribution in [1.82, 2.24) is 0 Å². The summed E-state index contributed by atoms with van der Waals surface area (Å²) in [6.45, 7) is 0. The van der Waals surface area contributed by atoms with Crippen LogP contribution in [0.25, 0.3) is 10.8 Å². The molecule has 1 atom stereocenters. The maximum atomic E-state index is 12.9. The van der Waals surface area contributed by atoms with Gasteiger partial charge in [-0.25, -0.2) is 0 Å². The lowest BCUT2D eigenvalue weighted by atomic mass is 9.78. The Kier molecular flexibility index (Phi) is 3.38. The van der Waals surface area contributed by atoms with Crippen molar-refractivity contribution < 1.29 is 9.72 Å². The third-order valence-corrected chi connectivity index (χ3v) is 4.81. The molecule has 4 rings (SSSR count). The molecule has 0 aromatic heterocycles. The van der Waals surface area contributed by atoms with Gasteiger partial charge >= 0.3 is 0 Å². The molecular weight excluding hydrogens is 302 g/mol. The predicted octanol–water partition coefficient (Wildman–Crippen LogP) is 4.66. The van der Waals surface area contributed by atoms with Crippen LogP contribution in [-0.2, 0) is 6.42 Å². The van der Waals surface area contributed by atoms with E-state index in [-0.39, 0.29) is 22.3 Å². The molecule has 0 aliphatic heterocycles. The molecule has 0 N–H and O–H groups in total. The number of benzene rings is 3. The first-order chi connectivity index (χ1) is 11.7. The molecule has 0 fully saturated rings. The highest BCUT2D eigenvalue weighted by Gasteiger charge is 2.30. The Balaban J connectivity index is 1.88. The average Bonchev–Trinajstić information content (AvgIpc) is 2.61. The number of nitrogens with zero attached hydrogens (tertiary/aromatic N) is 1. The van der Waals surface area contributed by atoms with Gasteiger partial charge in [0.05, 0.1) is 10.3 Å². The normalized spacial score (nSPS) is 16.8. The van der Waals surface area contributed by atoms with Crippen LogP contribution in [0.2, 0.25) is 0 Å². The highest BCUT2D eigenvalue weighted by Crippen LogP contribution is 2.38. The fourth-order valence-electron chi connectivity index (χ4n) is 3.66. The van der Waals surface area contributed by atoms with E-state index in [0.29, 0.717) is 5.39 Å². The summed E-state index contributed by atoms with van der Waals surface area (Å²) in [5.41, 5.74) is 2.83. The van der Waals surface area contributed by atoms with E-state index in [1.165, 1.54) is 6.07 Å². The Labute approximate surface area is 138 Å². The topological polar surface area (TPSA) is 60.2 Å². The minimum Gasteiger partial charge on any atom is -0.293 e. The molecule has 4 heteroatoms. The number of carbonyl (C=O) groups is 1. The van der Waals surface area contributed by atoms with Crippen molar-refractivity contribution in [2.75, 3.05) is 0 Å². The number of rotatable bonds is 2. The van der Waals surface area contributed by atoms with Gasteiger partial charge in [0.1, 0.15) is 0 Å². The van der Waals surface area contributed by atoms with E-state index in [4.69, 9.17) is 0 Å². The molecular formula is C20H15NO3. The highest BCUT2D eigenvalue weighted by molar-refractivity contribution is 6.06. The van der Waals surface area contributed by atoms with Crippen molar-refractivity contribution in [3.63, 3.8) is 0 Å². The molecule has 0 spiro atoms. The van der Waals surface area contributed by atoms with E-state index in [1.54, 1.807) is 18.2 Å². The summed E-state index contributed by atoms with van der Waals surface area (Å²) in [6.07, 6.45) is 1.58. The van der Waals surface area contributed by atoms with Gasteiger partial charge in [0, 0.05) is 17.5 Å². The summed E-state index contributed by atoms with van der Waals surface area (Å²) in [7, 11) is 0. The van der Waals surface area contributed by atoms with E-state index in [9.17, 15) is 14.9 Å². The summed E-state index contributed by atoms with van der Waals surface area (Å²) < 4.78 is 0. The lowest BCUT2D eigenvalue weighted by molar-refractivity contribution is -0.383. The van der Waals surface area contributed by atoms with Gasteiger partial charge in [0.2, 0.25) is 0 Å². The Morgan fingerprint density at radius 2 is 1.62 bits per heavy atom. The summed E-state index contributed by atoms with van der Waals surface area (Å²) in [4.78, 5) is 23.8.